The van der Waals surface area contributed by atoms with Gasteiger partial charge in [0.1, 0.15) is 11.2 Å². The smallest absolute Gasteiger partial charge is 0.363 e. The molecule has 4 aromatic rings. The highest BCUT2D eigenvalue weighted by Crippen LogP contribution is 2.30. The molecule has 0 spiro atoms. The Morgan fingerprint density at radius 3 is 2.68 bits per heavy atom. The molecule has 0 atom stereocenters. The fourth-order valence-corrected chi connectivity index (χ4v) is 2.91. The number of hydrogen-bond acceptors (Lipinski definition) is 5. The van der Waals surface area contributed by atoms with E-state index in [4.69, 9.17) is 13.6 Å². The Kier molecular flexibility index (Phi) is 2.87. The van der Waals surface area contributed by atoms with Crippen LogP contribution >= 0.6 is 0 Å². The number of carbonyl (C=O) groups is 1. The maximum atomic E-state index is 12.0. The first-order valence-corrected chi connectivity index (χ1v) is 7.76. The largest absolute Gasteiger partial charge is 0.459 e. The molecule has 0 saturated carbocycles. The fraction of sp³-hybridized carbons (Fsp3) is 0. The van der Waals surface area contributed by atoms with E-state index in [1.807, 2.05) is 42.5 Å². The second-order valence-electron chi connectivity index (χ2n) is 5.67. The van der Waals surface area contributed by atoms with Gasteiger partial charge in [0.05, 0.1) is 6.26 Å². The number of cyclic esters (lactones) is 1. The number of rotatable bonds is 2. The predicted molar refractivity (Wildman–Crippen MR) is 93.0 cm³/mol. The summed E-state index contributed by atoms with van der Waals surface area (Å²) in [6.07, 6.45) is 3.20. The van der Waals surface area contributed by atoms with Gasteiger partial charge in [-0.3, -0.25) is 0 Å². The van der Waals surface area contributed by atoms with Crippen LogP contribution in [0.15, 0.2) is 80.4 Å². The first-order valence-electron chi connectivity index (χ1n) is 7.76. The molecule has 0 saturated heterocycles. The Hall–Kier alpha value is -3.60. The van der Waals surface area contributed by atoms with Gasteiger partial charge in [0.15, 0.2) is 11.5 Å². The zero-order chi connectivity index (χ0) is 16.8. The minimum absolute atomic E-state index is 0.177. The third-order valence-corrected chi connectivity index (χ3v) is 4.06. The van der Waals surface area contributed by atoms with Crippen LogP contribution in [0.4, 0.5) is 0 Å². The molecule has 1 aliphatic rings. The Bertz CT molecular complexity index is 1180. The molecule has 5 heteroatoms. The van der Waals surface area contributed by atoms with Crippen LogP contribution < -0.4 is 0 Å². The molecule has 0 N–H and O–H groups in total. The minimum Gasteiger partial charge on any atom is -0.459 e. The van der Waals surface area contributed by atoms with Crippen LogP contribution in [0.25, 0.3) is 28.0 Å². The van der Waals surface area contributed by atoms with E-state index in [0.717, 1.165) is 27.5 Å². The van der Waals surface area contributed by atoms with Gasteiger partial charge in [-0.2, -0.15) is 0 Å². The van der Waals surface area contributed by atoms with Gasteiger partial charge in [-0.05, 0) is 42.0 Å². The van der Waals surface area contributed by atoms with Crippen LogP contribution in [0.1, 0.15) is 11.3 Å². The topological polar surface area (TPSA) is 64.9 Å². The summed E-state index contributed by atoms with van der Waals surface area (Å²) in [6.45, 7) is 0. The number of hydrogen-bond donors (Lipinski definition) is 0. The number of carbonyl (C=O) groups excluding carboxylic acids is 1. The molecular weight excluding hydrogens is 318 g/mol. The summed E-state index contributed by atoms with van der Waals surface area (Å²) >= 11 is 0. The summed E-state index contributed by atoms with van der Waals surface area (Å²) in [5, 5.41) is 2.03. The number of esters is 1. The Morgan fingerprint density at radius 2 is 1.80 bits per heavy atom. The number of para-hydroxylation sites is 1. The van der Waals surface area contributed by atoms with E-state index in [9.17, 15) is 4.79 Å². The highest BCUT2D eigenvalue weighted by atomic mass is 16.6. The van der Waals surface area contributed by atoms with E-state index < -0.39 is 5.97 Å². The lowest BCUT2D eigenvalue weighted by molar-refractivity contribution is -0.130. The summed E-state index contributed by atoms with van der Waals surface area (Å²) in [5.41, 5.74) is 2.71. The van der Waals surface area contributed by atoms with Crippen molar-refractivity contribution in [3.63, 3.8) is 0 Å². The van der Waals surface area contributed by atoms with Crippen molar-refractivity contribution < 1.29 is 18.4 Å². The number of benzene rings is 2. The van der Waals surface area contributed by atoms with Gasteiger partial charge in [-0.1, -0.05) is 24.3 Å². The SMILES string of the molecule is O=C1OC(c2ccco2)=N/C1=C/c1ccc2oc3ccccc3c2c1. The average molecular weight is 329 g/mol. The van der Waals surface area contributed by atoms with Gasteiger partial charge < -0.3 is 13.6 Å². The van der Waals surface area contributed by atoms with Crippen molar-refractivity contribution in [2.24, 2.45) is 4.99 Å². The van der Waals surface area contributed by atoms with Crippen molar-refractivity contribution >= 4 is 39.9 Å². The van der Waals surface area contributed by atoms with Crippen LogP contribution in [0.5, 0.6) is 0 Å². The highest BCUT2D eigenvalue weighted by Gasteiger charge is 2.25. The number of ether oxygens (including phenoxy) is 1. The molecule has 2 aromatic heterocycles. The molecule has 5 rings (SSSR count). The summed E-state index contributed by atoms with van der Waals surface area (Å²) in [6, 6.07) is 17.0. The lowest BCUT2D eigenvalue weighted by Gasteiger charge is -1.95. The van der Waals surface area contributed by atoms with Gasteiger partial charge in [0.25, 0.3) is 5.90 Å². The summed E-state index contributed by atoms with van der Waals surface area (Å²) < 4.78 is 16.2. The molecule has 0 bridgehead atoms. The van der Waals surface area contributed by atoms with Crippen LogP contribution in [-0.4, -0.2) is 11.9 Å². The molecule has 25 heavy (non-hydrogen) atoms. The monoisotopic (exact) mass is 329 g/mol. The third-order valence-electron chi connectivity index (χ3n) is 4.06. The number of aliphatic imine (C=N–C) groups is 1. The van der Waals surface area contributed by atoms with Crippen LogP contribution in [0.3, 0.4) is 0 Å². The van der Waals surface area contributed by atoms with Crippen LogP contribution in [-0.2, 0) is 9.53 Å². The first kappa shape index (κ1) is 13.8. The van der Waals surface area contributed by atoms with E-state index >= 15 is 0 Å². The van der Waals surface area contributed by atoms with Crippen molar-refractivity contribution in [1.29, 1.82) is 0 Å². The Balaban J connectivity index is 1.60. The van der Waals surface area contributed by atoms with E-state index in [2.05, 4.69) is 4.99 Å². The Labute approximate surface area is 141 Å². The Morgan fingerprint density at radius 1 is 0.920 bits per heavy atom. The summed E-state index contributed by atoms with van der Waals surface area (Å²) in [4.78, 5) is 16.3. The van der Waals surface area contributed by atoms with Gasteiger partial charge in [-0.25, -0.2) is 9.79 Å². The normalized spacial score (nSPS) is 15.9. The predicted octanol–water partition coefficient (Wildman–Crippen LogP) is 4.52. The second-order valence-corrected chi connectivity index (χ2v) is 5.67. The van der Waals surface area contributed by atoms with Crippen molar-refractivity contribution in [3.05, 3.63) is 77.9 Å². The second kappa shape index (κ2) is 5.21. The van der Waals surface area contributed by atoms with Crippen molar-refractivity contribution in [3.8, 4) is 0 Å². The van der Waals surface area contributed by atoms with E-state index in [-0.39, 0.29) is 11.6 Å². The lowest BCUT2D eigenvalue weighted by atomic mass is 10.1. The van der Waals surface area contributed by atoms with Crippen molar-refractivity contribution in [1.82, 2.24) is 0 Å². The van der Waals surface area contributed by atoms with Gasteiger partial charge in [0.2, 0.25) is 0 Å². The molecule has 0 amide bonds. The lowest BCUT2D eigenvalue weighted by Crippen LogP contribution is -2.04. The molecule has 120 valence electrons. The van der Waals surface area contributed by atoms with E-state index in [0.29, 0.717) is 5.76 Å². The van der Waals surface area contributed by atoms with Crippen molar-refractivity contribution in [2.75, 3.05) is 0 Å². The van der Waals surface area contributed by atoms with Gasteiger partial charge in [-0.15, -0.1) is 0 Å². The maximum Gasteiger partial charge on any atom is 0.363 e. The molecule has 0 unspecified atom stereocenters. The first-order chi connectivity index (χ1) is 12.3. The molecule has 0 aliphatic carbocycles. The molecule has 5 nitrogen and oxygen atoms in total. The number of nitrogens with zero attached hydrogens (tertiary/aromatic N) is 1. The van der Waals surface area contributed by atoms with Crippen LogP contribution in [0, 0.1) is 0 Å². The summed E-state index contributed by atoms with van der Waals surface area (Å²) in [5.74, 6) is 0.104. The zero-order valence-electron chi connectivity index (χ0n) is 12.9. The molecule has 3 heterocycles. The molecule has 0 fully saturated rings. The van der Waals surface area contributed by atoms with Gasteiger partial charge >= 0.3 is 5.97 Å². The average Bonchev–Trinajstić information content (AvgIpc) is 3.34. The minimum atomic E-state index is -0.497. The van der Waals surface area contributed by atoms with Crippen molar-refractivity contribution in [2.45, 2.75) is 0 Å². The third kappa shape index (κ3) is 2.25. The molecule has 2 aromatic carbocycles. The van der Waals surface area contributed by atoms with E-state index in [1.54, 1.807) is 18.2 Å². The highest BCUT2D eigenvalue weighted by molar-refractivity contribution is 6.12. The fourth-order valence-electron chi connectivity index (χ4n) is 2.91. The molecular formula is C20H11NO4. The molecule has 1 aliphatic heterocycles. The molecule has 0 radical (unpaired) electrons. The zero-order valence-corrected chi connectivity index (χ0v) is 12.9. The standard InChI is InChI=1S/C20H11NO4/c22-20-15(21-19(25-20)18-6-3-9-23-18)11-12-7-8-17-14(10-12)13-4-1-2-5-16(13)24-17/h1-11H/b15-11+. The maximum absolute atomic E-state index is 12.0. The van der Waals surface area contributed by atoms with Gasteiger partial charge in [0, 0.05) is 10.8 Å². The quantitative estimate of drug-likeness (QED) is 0.400. The van der Waals surface area contributed by atoms with Crippen LogP contribution in [0.2, 0.25) is 0 Å². The summed E-state index contributed by atoms with van der Waals surface area (Å²) in [7, 11) is 0. The number of furan rings is 2. The van der Waals surface area contributed by atoms with E-state index in [1.165, 1.54) is 6.26 Å². The number of fused-ring (bicyclic) bond motifs is 3.